The Labute approximate surface area is 172 Å². The van der Waals surface area contributed by atoms with Crippen LogP contribution >= 0.6 is 35.0 Å². The first-order chi connectivity index (χ1) is 12.8. The minimum Gasteiger partial charge on any atom is -0.298 e. The van der Waals surface area contributed by atoms with E-state index in [-0.39, 0.29) is 5.78 Å². The summed E-state index contributed by atoms with van der Waals surface area (Å²) in [6.07, 6.45) is 0. The van der Waals surface area contributed by atoms with Gasteiger partial charge in [-0.3, -0.25) is 9.36 Å². The highest BCUT2D eigenvalue weighted by atomic mass is 35.5. The minimum atomic E-state index is -0.399. The Morgan fingerprint density at radius 3 is 2.33 bits per heavy atom. The maximum Gasteiger partial charge on any atom is 0.196 e. The lowest BCUT2D eigenvalue weighted by molar-refractivity contribution is -0.123. The first-order valence-corrected chi connectivity index (χ1v) is 10.1. The zero-order valence-corrected chi connectivity index (χ0v) is 17.6. The molecule has 4 nitrogen and oxygen atoms in total. The molecule has 0 fully saturated rings. The zero-order valence-electron chi connectivity index (χ0n) is 15.2. The number of carbonyl (C=O) groups excluding carboxylic acids is 1. The Morgan fingerprint density at radius 2 is 1.70 bits per heavy atom. The molecule has 0 aliphatic rings. The zero-order chi connectivity index (χ0) is 19.6. The highest BCUT2D eigenvalue weighted by Gasteiger charge is 2.24. The lowest BCUT2D eigenvalue weighted by Gasteiger charge is -2.16. The molecule has 2 aromatic carbocycles. The van der Waals surface area contributed by atoms with Gasteiger partial charge in [-0.2, -0.15) is 0 Å². The second kappa shape index (κ2) is 8.05. The molecule has 0 aliphatic carbocycles. The molecule has 0 saturated carbocycles. The number of ketones is 1. The smallest absolute Gasteiger partial charge is 0.196 e. The van der Waals surface area contributed by atoms with Crippen LogP contribution in [0.25, 0.3) is 17.1 Å². The van der Waals surface area contributed by atoms with E-state index in [9.17, 15) is 4.79 Å². The van der Waals surface area contributed by atoms with Gasteiger partial charge in [-0.25, -0.2) is 0 Å². The van der Waals surface area contributed by atoms with Crippen molar-refractivity contribution < 1.29 is 4.79 Å². The molecule has 27 heavy (non-hydrogen) atoms. The number of thioether (sulfide) groups is 1. The Hall–Kier alpha value is -1.82. The standard InChI is InChI=1S/C20H19Cl2N3OS/c1-20(2,3)17(26)12-27-19-24-23-18(15-6-4-5-7-16(15)22)25(19)14-10-8-13(21)9-11-14/h4-11H,12H2,1-3H3. The number of nitrogens with zero attached hydrogens (tertiary/aromatic N) is 3. The molecule has 0 unspecified atom stereocenters. The van der Waals surface area contributed by atoms with E-state index in [1.54, 1.807) is 0 Å². The van der Waals surface area contributed by atoms with Crippen LogP contribution in [0.3, 0.4) is 0 Å². The van der Waals surface area contributed by atoms with Gasteiger partial charge in [0.15, 0.2) is 11.0 Å². The van der Waals surface area contributed by atoms with Gasteiger partial charge < -0.3 is 0 Å². The Kier molecular flexibility index (Phi) is 5.94. The van der Waals surface area contributed by atoms with Crippen LogP contribution in [0.4, 0.5) is 0 Å². The quantitative estimate of drug-likeness (QED) is 0.479. The number of carbonyl (C=O) groups is 1. The molecule has 0 N–H and O–H groups in total. The van der Waals surface area contributed by atoms with E-state index in [1.165, 1.54) is 11.8 Å². The first kappa shape index (κ1) is 19.9. The summed E-state index contributed by atoms with van der Waals surface area (Å²) >= 11 is 13.8. The SMILES string of the molecule is CC(C)(C)C(=O)CSc1nnc(-c2ccccc2Cl)n1-c1ccc(Cl)cc1. The van der Waals surface area contributed by atoms with E-state index in [0.29, 0.717) is 26.8 Å². The largest absolute Gasteiger partial charge is 0.298 e. The molecule has 0 aliphatic heterocycles. The van der Waals surface area contributed by atoms with Crippen molar-refractivity contribution in [3.05, 3.63) is 58.6 Å². The van der Waals surface area contributed by atoms with Gasteiger partial charge in [0, 0.05) is 21.7 Å². The van der Waals surface area contributed by atoms with Crippen molar-refractivity contribution in [2.24, 2.45) is 5.41 Å². The van der Waals surface area contributed by atoms with Gasteiger partial charge in [0.05, 0.1) is 10.8 Å². The van der Waals surface area contributed by atoms with E-state index in [2.05, 4.69) is 10.2 Å². The summed E-state index contributed by atoms with van der Waals surface area (Å²) in [5, 5.41) is 10.5. The normalized spacial score (nSPS) is 11.6. The molecule has 3 aromatic rings. The summed E-state index contributed by atoms with van der Waals surface area (Å²) < 4.78 is 1.90. The van der Waals surface area contributed by atoms with Crippen molar-refractivity contribution in [1.82, 2.24) is 14.8 Å². The van der Waals surface area contributed by atoms with Crippen LogP contribution in [-0.4, -0.2) is 26.3 Å². The third-order valence-electron chi connectivity index (χ3n) is 4.00. The molecule has 7 heteroatoms. The third kappa shape index (κ3) is 4.54. The van der Waals surface area contributed by atoms with Crippen LogP contribution in [0, 0.1) is 5.41 Å². The fraction of sp³-hybridized carbons (Fsp3) is 0.250. The van der Waals surface area contributed by atoms with Crippen LogP contribution < -0.4 is 0 Å². The summed E-state index contributed by atoms with van der Waals surface area (Å²) in [4.78, 5) is 12.3. The summed E-state index contributed by atoms with van der Waals surface area (Å²) in [6, 6.07) is 14.9. The Balaban J connectivity index is 2.05. The lowest BCUT2D eigenvalue weighted by Crippen LogP contribution is -2.22. The summed E-state index contributed by atoms with van der Waals surface area (Å²) in [6.45, 7) is 5.74. The third-order valence-corrected chi connectivity index (χ3v) is 5.51. The first-order valence-electron chi connectivity index (χ1n) is 8.40. The molecule has 0 spiro atoms. The van der Waals surface area contributed by atoms with Crippen molar-refractivity contribution in [2.45, 2.75) is 25.9 Å². The number of Topliss-reactive ketones (excluding diaryl/α,β-unsaturated/α-hetero) is 1. The van der Waals surface area contributed by atoms with Crippen LogP contribution in [0.15, 0.2) is 53.7 Å². The van der Waals surface area contributed by atoms with Gasteiger partial charge >= 0.3 is 0 Å². The number of rotatable bonds is 5. The van der Waals surface area contributed by atoms with Crippen LogP contribution in [0.5, 0.6) is 0 Å². The molecular formula is C20H19Cl2N3OS. The maximum atomic E-state index is 12.3. The van der Waals surface area contributed by atoms with E-state index >= 15 is 0 Å². The van der Waals surface area contributed by atoms with Crippen LogP contribution in [0.2, 0.25) is 10.0 Å². The van der Waals surface area contributed by atoms with Crippen molar-refractivity contribution >= 4 is 40.7 Å². The van der Waals surface area contributed by atoms with E-state index in [1.807, 2.05) is 73.9 Å². The number of hydrogen-bond donors (Lipinski definition) is 0. The molecule has 0 atom stereocenters. The van der Waals surface area contributed by atoms with Gasteiger partial charge in [-0.1, -0.05) is 67.9 Å². The fourth-order valence-electron chi connectivity index (χ4n) is 2.35. The average Bonchev–Trinajstić information content (AvgIpc) is 3.03. The van der Waals surface area contributed by atoms with Crippen LogP contribution in [0.1, 0.15) is 20.8 Å². The second-order valence-electron chi connectivity index (χ2n) is 7.06. The van der Waals surface area contributed by atoms with Gasteiger partial charge in [0.1, 0.15) is 5.78 Å². The molecule has 0 bridgehead atoms. The van der Waals surface area contributed by atoms with Gasteiger partial charge in [-0.15, -0.1) is 10.2 Å². The molecule has 1 heterocycles. The lowest BCUT2D eigenvalue weighted by atomic mass is 9.92. The van der Waals surface area contributed by atoms with Crippen molar-refractivity contribution in [3.63, 3.8) is 0 Å². The Morgan fingerprint density at radius 1 is 1.04 bits per heavy atom. The van der Waals surface area contributed by atoms with E-state index in [0.717, 1.165) is 11.3 Å². The Bertz CT molecular complexity index is 962. The number of hydrogen-bond acceptors (Lipinski definition) is 4. The summed E-state index contributed by atoms with van der Waals surface area (Å²) in [5.41, 5.74) is 1.23. The van der Waals surface area contributed by atoms with E-state index < -0.39 is 5.41 Å². The van der Waals surface area contributed by atoms with Crippen LogP contribution in [-0.2, 0) is 4.79 Å². The van der Waals surface area contributed by atoms with Gasteiger partial charge in [0.25, 0.3) is 0 Å². The predicted molar refractivity (Wildman–Crippen MR) is 112 cm³/mol. The van der Waals surface area contributed by atoms with E-state index in [4.69, 9.17) is 23.2 Å². The number of benzene rings is 2. The summed E-state index contributed by atoms with van der Waals surface area (Å²) in [5.74, 6) is 1.09. The fourth-order valence-corrected chi connectivity index (χ4v) is 3.81. The van der Waals surface area contributed by atoms with Crippen molar-refractivity contribution in [3.8, 4) is 17.1 Å². The molecule has 0 amide bonds. The topological polar surface area (TPSA) is 47.8 Å². The molecule has 0 radical (unpaired) electrons. The molecule has 140 valence electrons. The molecule has 0 saturated heterocycles. The average molecular weight is 420 g/mol. The molecule has 1 aromatic heterocycles. The van der Waals surface area contributed by atoms with Crippen molar-refractivity contribution in [2.75, 3.05) is 5.75 Å². The summed E-state index contributed by atoms with van der Waals surface area (Å²) in [7, 11) is 0. The second-order valence-corrected chi connectivity index (χ2v) is 8.85. The number of halogens is 2. The van der Waals surface area contributed by atoms with Crippen molar-refractivity contribution in [1.29, 1.82) is 0 Å². The molecule has 3 rings (SSSR count). The van der Waals surface area contributed by atoms with Gasteiger partial charge in [0.2, 0.25) is 0 Å². The number of aromatic nitrogens is 3. The van der Waals surface area contributed by atoms with Gasteiger partial charge in [-0.05, 0) is 36.4 Å². The highest BCUT2D eigenvalue weighted by molar-refractivity contribution is 7.99. The maximum absolute atomic E-state index is 12.3. The highest BCUT2D eigenvalue weighted by Crippen LogP contribution is 2.33. The minimum absolute atomic E-state index is 0.150. The monoisotopic (exact) mass is 419 g/mol. The molecular weight excluding hydrogens is 401 g/mol. The predicted octanol–water partition coefficient (Wildman–Crippen LogP) is 5.95.